The minimum atomic E-state index is -1.08. The number of nitrogens with zero attached hydrogens (tertiary/aromatic N) is 2. The third kappa shape index (κ3) is 5.96. The lowest BCUT2D eigenvalue weighted by Gasteiger charge is -2.05. The van der Waals surface area contributed by atoms with Crippen molar-refractivity contribution in [1.82, 2.24) is 0 Å². The van der Waals surface area contributed by atoms with Gasteiger partial charge in [0.25, 0.3) is 0 Å². The topological polar surface area (TPSA) is 119 Å². The van der Waals surface area contributed by atoms with E-state index in [1.165, 1.54) is 26.4 Å². The van der Waals surface area contributed by atoms with E-state index in [1.807, 2.05) is 0 Å². The van der Waals surface area contributed by atoms with Crippen LogP contribution < -0.4 is 0 Å². The second-order valence-electron chi connectivity index (χ2n) is 3.23. The number of carbonyl (C=O) groups excluding carboxylic acids is 2. The Kier molecular flexibility index (Phi) is 9.23. The van der Waals surface area contributed by atoms with Crippen LogP contribution in [0, 0.1) is 22.7 Å². The average Bonchev–Trinajstić information content (AvgIpc) is 2.44. The van der Waals surface area contributed by atoms with Crippen LogP contribution in [0.1, 0.15) is 0 Å². The normalized spacial score (nSPS) is 10.8. The van der Waals surface area contributed by atoms with Crippen LogP contribution >= 0.6 is 0 Å². The maximum absolute atomic E-state index is 11.5. The van der Waals surface area contributed by atoms with Crippen molar-refractivity contribution in [2.75, 3.05) is 40.6 Å². The fraction of sp³-hybridized carbons (Fsp3) is 0.500. The van der Waals surface area contributed by atoms with E-state index in [4.69, 9.17) is 10.5 Å². The largest absolute Gasteiger partial charge is 0.459 e. The van der Waals surface area contributed by atoms with Gasteiger partial charge in [-0.1, -0.05) is 0 Å². The Morgan fingerprint density at radius 2 is 1.15 bits per heavy atom. The average molecular weight is 282 g/mol. The Morgan fingerprint density at radius 3 is 1.40 bits per heavy atom. The van der Waals surface area contributed by atoms with Crippen LogP contribution in [-0.2, 0) is 28.5 Å². The van der Waals surface area contributed by atoms with Crippen molar-refractivity contribution >= 4 is 11.9 Å². The highest BCUT2D eigenvalue weighted by molar-refractivity contribution is 6.05. The van der Waals surface area contributed by atoms with Gasteiger partial charge >= 0.3 is 11.9 Å². The lowest BCUT2D eigenvalue weighted by atomic mass is 10.1. The van der Waals surface area contributed by atoms with Gasteiger partial charge in [0.2, 0.25) is 0 Å². The fourth-order valence-corrected chi connectivity index (χ4v) is 0.987. The molecule has 0 rings (SSSR count). The van der Waals surface area contributed by atoms with Crippen molar-refractivity contribution < 1.29 is 28.5 Å². The molecule has 8 heteroatoms. The van der Waals surface area contributed by atoms with Gasteiger partial charge in [-0.15, -0.1) is 0 Å². The van der Waals surface area contributed by atoms with Gasteiger partial charge in [-0.3, -0.25) is 0 Å². The molecule has 0 aromatic rings. The second kappa shape index (κ2) is 10.5. The van der Waals surface area contributed by atoms with Gasteiger partial charge in [-0.05, 0) is 0 Å². The SMILES string of the molecule is COCCOC(=O)/C(C#N)=C(\C#N)C(=O)OCCOC. The van der Waals surface area contributed by atoms with Gasteiger partial charge in [0.05, 0.1) is 13.2 Å². The summed E-state index contributed by atoms with van der Waals surface area (Å²) in [5.41, 5.74) is -1.41. The first kappa shape index (κ1) is 17.6. The number of nitriles is 2. The number of ether oxygens (including phenoxy) is 4. The molecule has 0 aliphatic heterocycles. The van der Waals surface area contributed by atoms with Crippen LogP contribution in [0.2, 0.25) is 0 Å². The number of hydrogen-bond acceptors (Lipinski definition) is 8. The van der Waals surface area contributed by atoms with Gasteiger partial charge < -0.3 is 18.9 Å². The molecule has 0 aliphatic carbocycles. The van der Waals surface area contributed by atoms with Crippen molar-refractivity contribution in [3.05, 3.63) is 11.1 Å². The molecular weight excluding hydrogens is 268 g/mol. The molecule has 0 spiro atoms. The van der Waals surface area contributed by atoms with E-state index in [9.17, 15) is 9.59 Å². The van der Waals surface area contributed by atoms with Crippen LogP contribution in [-0.4, -0.2) is 52.6 Å². The highest BCUT2D eigenvalue weighted by atomic mass is 16.6. The molecular formula is C12H14N2O6. The highest BCUT2D eigenvalue weighted by Crippen LogP contribution is 2.08. The summed E-state index contributed by atoms with van der Waals surface area (Å²) in [6.07, 6.45) is 0. The molecule has 8 nitrogen and oxygen atoms in total. The lowest BCUT2D eigenvalue weighted by molar-refractivity contribution is -0.142. The molecule has 0 saturated heterocycles. The van der Waals surface area contributed by atoms with Crippen molar-refractivity contribution in [2.45, 2.75) is 0 Å². The van der Waals surface area contributed by atoms with Crippen molar-refractivity contribution in [1.29, 1.82) is 10.5 Å². The third-order valence-electron chi connectivity index (χ3n) is 1.92. The zero-order valence-corrected chi connectivity index (χ0v) is 11.2. The Bertz CT molecular complexity index is 416. The molecule has 0 unspecified atom stereocenters. The zero-order valence-electron chi connectivity index (χ0n) is 11.2. The molecule has 0 saturated carbocycles. The Hall–Kier alpha value is -2.42. The number of esters is 2. The van der Waals surface area contributed by atoms with Gasteiger partial charge in [0.1, 0.15) is 25.4 Å². The van der Waals surface area contributed by atoms with Gasteiger partial charge in [0, 0.05) is 14.2 Å². The molecule has 0 amide bonds. The van der Waals surface area contributed by atoms with Crippen molar-refractivity contribution in [3.8, 4) is 12.1 Å². The monoisotopic (exact) mass is 282 g/mol. The Morgan fingerprint density at radius 1 is 0.800 bits per heavy atom. The summed E-state index contributed by atoms with van der Waals surface area (Å²) >= 11 is 0. The number of methoxy groups -OCH3 is 2. The summed E-state index contributed by atoms with van der Waals surface area (Å²) in [6, 6.07) is 2.92. The second-order valence-corrected chi connectivity index (χ2v) is 3.23. The standard InChI is InChI=1S/C12H14N2O6/c1-17-3-5-19-11(15)9(7-13)10(8-14)12(16)20-6-4-18-2/h3-6H2,1-2H3/b10-9+. The van der Waals surface area contributed by atoms with E-state index in [2.05, 4.69) is 18.9 Å². The minimum absolute atomic E-state index is 0.0993. The first-order valence-electron chi connectivity index (χ1n) is 5.48. The third-order valence-corrected chi connectivity index (χ3v) is 1.92. The fourth-order valence-electron chi connectivity index (χ4n) is 0.987. The van der Waals surface area contributed by atoms with Gasteiger partial charge in [0.15, 0.2) is 11.1 Å². The molecule has 0 aliphatic rings. The maximum Gasteiger partial charge on any atom is 0.350 e. The predicted octanol–water partition coefficient (Wildman–Crippen LogP) is -0.291. The first-order chi connectivity index (χ1) is 9.62. The van der Waals surface area contributed by atoms with Gasteiger partial charge in [-0.25, -0.2) is 9.59 Å². The van der Waals surface area contributed by atoms with E-state index in [0.717, 1.165) is 0 Å². The molecule has 0 atom stereocenters. The van der Waals surface area contributed by atoms with Crippen LogP contribution in [0.25, 0.3) is 0 Å². The Labute approximate surface area is 116 Å². The Balaban J connectivity index is 4.90. The van der Waals surface area contributed by atoms with E-state index in [1.54, 1.807) is 0 Å². The van der Waals surface area contributed by atoms with Crippen LogP contribution in [0.15, 0.2) is 11.1 Å². The molecule has 20 heavy (non-hydrogen) atoms. The van der Waals surface area contributed by atoms with E-state index >= 15 is 0 Å². The summed E-state index contributed by atoms with van der Waals surface area (Å²) in [6.45, 7) is 0.0606. The number of carbonyl (C=O) groups is 2. The molecule has 0 radical (unpaired) electrons. The summed E-state index contributed by atoms with van der Waals surface area (Å²) < 4.78 is 18.6. The predicted molar refractivity (Wildman–Crippen MR) is 63.9 cm³/mol. The quantitative estimate of drug-likeness (QED) is 0.258. The number of hydrogen-bond donors (Lipinski definition) is 0. The van der Waals surface area contributed by atoms with Crippen LogP contribution in [0.5, 0.6) is 0 Å². The molecule has 0 aromatic carbocycles. The van der Waals surface area contributed by atoms with Crippen molar-refractivity contribution in [3.63, 3.8) is 0 Å². The first-order valence-corrected chi connectivity index (χ1v) is 5.48. The summed E-state index contributed by atoms with van der Waals surface area (Å²) in [5, 5.41) is 17.7. The number of rotatable bonds is 8. The molecule has 0 heterocycles. The van der Waals surface area contributed by atoms with Crippen molar-refractivity contribution in [2.24, 2.45) is 0 Å². The molecule has 0 aromatic heterocycles. The zero-order chi connectivity index (χ0) is 15.4. The minimum Gasteiger partial charge on any atom is -0.459 e. The van der Waals surface area contributed by atoms with Crippen LogP contribution in [0.4, 0.5) is 0 Å². The van der Waals surface area contributed by atoms with Gasteiger partial charge in [-0.2, -0.15) is 10.5 Å². The smallest absolute Gasteiger partial charge is 0.350 e. The van der Waals surface area contributed by atoms with E-state index in [0.29, 0.717) is 0 Å². The molecule has 108 valence electrons. The maximum atomic E-state index is 11.5. The van der Waals surface area contributed by atoms with Crippen LogP contribution in [0.3, 0.4) is 0 Å². The molecule has 0 bridgehead atoms. The highest BCUT2D eigenvalue weighted by Gasteiger charge is 2.23. The summed E-state index contributed by atoms with van der Waals surface area (Å²) in [7, 11) is 2.81. The van der Waals surface area contributed by atoms with E-state index < -0.39 is 23.1 Å². The molecule has 0 fully saturated rings. The summed E-state index contributed by atoms with van der Waals surface area (Å²) in [5.74, 6) is -2.16. The lowest BCUT2D eigenvalue weighted by Crippen LogP contribution is -2.18. The van der Waals surface area contributed by atoms with E-state index in [-0.39, 0.29) is 26.4 Å². The summed E-state index contributed by atoms with van der Waals surface area (Å²) in [4.78, 5) is 23.1. The molecule has 0 N–H and O–H groups in total.